The second-order valence-corrected chi connectivity index (χ2v) is 6.87. The summed E-state index contributed by atoms with van der Waals surface area (Å²) < 4.78 is 13.3. The predicted octanol–water partition coefficient (Wildman–Crippen LogP) is 1.75. The van der Waals surface area contributed by atoms with Gasteiger partial charge in [0.2, 0.25) is 5.91 Å². The maximum atomic E-state index is 13.3. The Balaban J connectivity index is 1.37. The van der Waals surface area contributed by atoms with Crippen LogP contribution in [0.3, 0.4) is 0 Å². The van der Waals surface area contributed by atoms with E-state index < -0.39 is 0 Å². The third-order valence-electron chi connectivity index (χ3n) is 5.39. The van der Waals surface area contributed by atoms with Gasteiger partial charge in [-0.15, -0.1) is 0 Å². The molecule has 1 aliphatic carbocycles. The number of nitrogens with zero attached hydrogens (tertiary/aromatic N) is 1. The molecule has 5 heteroatoms. The van der Waals surface area contributed by atoms with Crippen LogP contribution in [0.25, 0.3) is 0 Å². The monoisotopic (exact) mass is 303 g/mol. The van der Waals surface area contributed by atoms with Crippen LogP contribution in [0.15, 0.2) is 18.2 Å². The van der Waals surface area contributed by atoms with E-state index in [0.717, 1.165) is 36.7 Å². The summed E-state index contributed by atoms with van der Waals surface area (Å²) in [6.45, 7) is 2.99. The first-order valence-corrected chi connectivity index (χ1v) is 8.17. The van der Waals surface area contributed by atoms with Crippen molar-refractivity contribution in [2.45, 2.75) is 44.3 Å². The van der Waals surface area contributed by atoms with E-state index in [2.05, 4.69) is 10.6 Å². The number of carbonyl (C=O) groups excluding carboxylic acids is 1. The average Bonchev–Trinajstić information content (AvgIpc) is 3.12. The van der Waals surface area contributed by atoms with Crippen LogP contribution in [0.4, 0.5) is 4.39 Å². The van der Waals surface area contributed by atoms with Gasteiger partial charge in [-0.25, -0.2) is 4.39 Å². The molecule has 3 aliphatic rings. The molecule has 2 N–H and O–H groups in total. The van der Waals surface area contributed by atoms with Crippen molar-refractivity contribution < 1.29 is 9.18 Å². The first-order chi connectivity index (χ1) is 10.7. The van der Waals surface area contributed by atoms with Crippen LogP contribution in [-0.2, 0) is 17.9 Å². The molecule has 0 unspecified atom stereocenters. The van der Waals surface area contributed by atoms with Gasteiger partial charge in [0, 0.05) is 38.3 Å². The number of amides is 1. The van der Waals surface area contributed by atoms with Gasteiger partial charge in [0.25, 0.3) is 0 Å². The van der Waals surface area contributed by atoms with E-state index in [0.29, 0.717) is 19.5 Å². The van der Waals surface area contributed by atoms with E-state index >= 15 is 0 Å². The van der Waals surface area contributed by atoms with Crippen molar-refractivity contribution in [2.75, 3.05) is 13.2 Å². The summed E-state index contributed by atoms with van der Waals surface area (Å²) in [5.74, 6) is 0.687. The highest BCUT2D eigenvalue weighted by atomic mass is 19.1. The Morgan fingerprint density at radius 3 is 2.86 bits per heavy atom. The fourth-order valence-corrected chi connectivity index (χ4v) is 3.92. The van der Waals surface area contributed by atoms with Crippen LogP contribution < -0.4 is 10.6 Å². The largest absolute Gasteiger partial charge is 0.334 e. The Bertz CT molecular complexity index is 594. The molecule has 1 aromatic carbocycles. The Labute approximate surface area is 130 Å². The highest BCUT2D eigenvalue weighted by molar-refractivity contribution is 5.77. The minimum absolute atomic E-state index is 0.119. The number of benzene rings is 1. The van der Waals surface area contributed by atoms with E-state index in [1.807, 2.05) is 4.90 Å². The van der Waals surface area contributed by atoms with Crippen LogP contribution in [0.5, 0.6) is 0 Å². The smallest absolute Gasteiger partial charge is 0.223 e. The van der Waals surface area contributed by atoms with Gasteiger partial charge in [-0.3, -0.25) is 10.1 Å². The molecule has 0 aromatic heterocycles. The average molecular weight is 303 g/mol. The molecule has 1 aromatic rings. The molecule has 4 nitrogen and oxygen atoms in total. The lowest BCUT2D eigenvalue weighted by atomic mass is 9.88. The summed E-state index contributed by atoms with van der Waals surface area (Å²) in [6.07, 6.45) is 4.01. The van der Waals surface area contributed by atoms with Crippen molar-refractivity contribution in [1.82, 2.24) is 15.5 Å². The number of hydrogen-bond acceptors (Lipinski definition) is 3. The van der Waals surface area contributed by atoms with Gasteiger partial charge in [-0.1, -0.05) is 6.07 Å². The Kier molecular flexibility index (Phi) is 3.42. The maximum Gasteiger partial charge on any atom is 0.223 e. The minimum atomic E-state index is -0.220. The van der Waals surface area contributed by atoms with Gasteiger partial charge >= 0.3 is 0 Å². The minimum Gasteiger partial charge on any atom is -0.334 e. The summed E-state index contributed by atoms with van der Waals surface area (Å²) in [5, 5.41) is 6.94. The van der Waals surface area contributed by atoms with Crippen molar-refractivity contribution in [1.29, 1.82) is 0 Å². The molecule has 4 rings (SSSR count). The molecule has 2 aliphatic heterocycles. The number of rotatable bonds is 4. The molecule has 22 heavy (non-hydrogen) atoms. The zero-order chi connectivity index (χ0) is 15.2. The molecule has 2 heterocycles. The summed E-state index contributed by atoms with van der Waals surface area (Å²) >= 11 is 0. The molecule has 118 valence electrons. The quantitative estimate of drug-likeness (QED) is 0.891. The van der Waals surface area contributed by atoms with Crippen molar-refractivity contribution >= 4 is 5.91 Å². The summed E-state index contributed by atoms with van der Waals surface area (Å²) in [5.41, 5.74) is 2.15. The number of carbonyl (C=O) groups is 1. The van der Waals surface area contributed by atoms with Gasteiger partial charge in [-0.2, -0.15) is 0 Å². The van der Waals surface area contributed by atoms with E-state index in [1.54, 1.807) is 12.1 Å². The summed E-state index contributed by atoms with van der Waals surface area (Å²) in [6, 6.07) is 4.83. The fraction of sp³-hybridized carbons (Fsp3) is 0.588. The van der Waals surface area contributed by atoms with Gasteiger partial charge in [0.05, 0.1) is 0 Å². The van der Waals surface area contributed by atoms with E-state index in [4.69, 9.17) is 0 Å². The number of hydrogen-bond donors (Lipinski definition) is 2. The van der Waals surface area contributed by atoms with Gasteiger partial charge in [0.15, 0.2) is 0 Å². The lowest BCUT2D eigenvalue weighted by Gasteiger charge is -2.29. The lowest BCUT2D eigenvalue weighted by molar-refractivity contribution is -0.132. The highest BCUT2D eigenvalue weighted by Gasteiger charge is 2.46. The van der Waals surface area contributed by atoms with Crippen LogP contribution >= 0.6 is 0 Å². The molecule has 1 saturated carbocycles. The first-order valence-electron chi connectivity index (χ1n) is 8.17. The molecule has 0 radical (unpaired) electrons. The lowest BCUT2D eigenvalue weighted by Crippen LogP contribution is -2.45. The molecule has 1 saturated heterocycles. The van der Waals surface area contributed by atoms with Crippen LogP contribution in [0.2, 0.25) is 0 Å². The van der Waals surface area contributed by atoms with Gasteiger partial charge < -0.3 is 10.2 Å². The number of halogens is 1. The number of nitrogens with one attached hydrogen (secondary N) is 2. The zero-order valence-electron chi connectivity index (χ0n) is 12.7. The Morgan fingerprint density at radius 2 is 2.14 bits per heavy atom. The third-order valence-corrected chi connectivity index (χ3v) is 5.39. The van der Waals surface area contributed by atoms with Crippen LogP contribution in [-0.4, -0.2) is 29.6 Å². The molecule has 1 amide bonds. The van der Waals surface area contributed by atoms with Gasteiger partial charge in [-0.05, 0) is 48.4 Å². The van der Waals surface area contributed by atoms with E-state index in [1.165, 1.54) is 18.9 Å². The standard InChI is InChI=1S/C17H22FN3O/c18-15-4-1-12-8-21(9-13(12)7-15)16(22)5-6-17(14-2-3-14)10-19-11-20-17/h1,4,7,14,19-20H,2-3,5-6,8-11H2/t17-/m1/s1. The van der Waals surface area contributed by atoms with Crippen molar-refractivity contribution in [2.24, 2.45) is 5.92 Å². The summed E-state index contributed by atoms with van der Waals surface area (Å²) in [4.78, 5) is 14.4. The molecule has 0 spiro atoms. The van der Waals surface area contributed by atoms with Crippen molar-refractivity contribution in [3.05, 3.63) is 35.1 Å². The Morgan fingerprint density at radius 1 is 1.32 bits per heavy atom. The second kappa shape index (κ2) is 5.32. The van der Waals surface area contributed by atoms with Crippen molar-refractivity contribution in [3.8, 4) is 0 Å². The molecular weight excluding hydrogens is 281 g/mol. The first kappa shape index (κ1) is 14.2. The van der Waals surface area contributed by atoms with E-state index in [9.17, 15) is 9.18 Å². The third kappa shape index (κ3) is 2.52. The highest BCUT2D eigenvalue weighted by Crippen LogP contribution is 2.43. The molecular formula is C17H22FN3O. The molecule has 2 fully saturated rings. The topological polar surface area (TPSA) is 44.4 Å². The van der Waals surface area contributed by atoms with E-state index in [-0.39, 0.29) is 17.3 Å². The number of fused-ring (bicyclic) bond motifs is 1. The van der Waals surface area contributed by atoms with Gasteiger partial charge in [0.1, 0.15) is 5.82 Å². The fourth-order valence-electron chi connectivity index (χ4n) is 3.92. The summed E-state index contributed by atoms with van der Waals surface area (Å²) in [7, 11) is 0. The zero-order valence-corrected chi connectivity index (χ0v) is 12.7. The second-order valence-electron chi connectivity index (χ2n) is 6.87. The van der Waals surface area contributed by atoms with Crippen molar-refractivity contribution in [3.63, 3.8) is 0 Å². The normalized spacial score (nSPS) is 27.2. The Hall–Kier alpha value is -1.46. The van der Waals surface area contributed by atoms with Crippen LogP contribution in [0, 0.1) is 11.7 Å². The predicted molar refractivity (Wildman–Crippen MR) is 81.3 cm³/mol. The SMILES string of the molecule is O=C(CC[C@]1(C2CC2)CNCN1)N1Cc2ccc(F)cc2C1. The molecule has 0 bridgehead atoms. The maximum absolute atomic E-state index is 13.3. The van der Waals surface area contributed by atoms with Crippen LogP contribution in [0.1, 0.15) is 36.8 Å². The molecule has 1 atom stereocenters.